The van der Waals surface area contributed by atoms with Gasteiger partial charge in [-0.3, -0.25) is 15.6 Å². The second-order valence-electron chi connectivity index (χ2n) is 7.91. The summed E-state index contributed by atoms with van der Waals surface area (Å²) in [6.45, 7) is 5.01. The summed E-state index contributed by atoms with van der Waals surface area (Å²) in [5, 5.41) is 10.4. The Kier molecular flexibility index (Phi) is 8.05. The minimum atomic E-state index is -1.29. The van der Waals surface area contributed by atoms with E-state index < -0.39 is 29.5 Å². The number of methoxy groups -OCH3 is 2. The molecule has 2 amide bonds. The normalized spacial score (nSPS) is 11.7. The Bertz CT molecular complexity index is 1020. The number of carbonyl (C=O) groups is 2. The van der Waals surface area contributed by atoms with Crippen LogP contribution in [0.2, 0.25) is 0 Å². The van der Waals surface area contributed by atoms with Crippen molar-refractivity contribution >= 4 is 23.5 Å². The van der Waals surface area contributed by atoms with Crippen molar-refractivity contribution in [2.24, 2.45) is 5.73 Å². The molecule has 0 saturated heterocycles. The van der Waals surface area contributed by atoms with E-state index in [0.29, 0.717) is 11.3 Å². The molecule has 2 aromatic rings. The lowest BCUT2D eigenvalue weighted by Crippen LogP contribution is -2.47. The van der Waals surface area contributed by atoms with Crippen LogP contribution < -0.4 is 31.4 Å². The summed E-state index contributed by atoms with van der Waals surface area (Å²) in [7, 11) is 2.74. The highest BCUT2D eigenvalue weighted by atomic mass is 19.1. The third kappa shape index (κ3) is 6.99. The largest absolute Gasteiger partial charge is 0.493 e. The number of hydrogen-bond acceptors (Lipinski definition) is 7. The molecule has 6 N–H and O–H groups in total. The molecule has 0 aliphatic carbocycles. The van der Waals surface area contributed by atoms with E-state index in [4.69, 9.17) is 25.4 Å². The number of amides is 2. The Balaban J connectivity index is 2.36. The number of hydrogen-bond donors (Lipinski definition) is 5. The average molecular weight is 461 g/mol. The fraction of sp³-hybridized carbons (Fsp3) is 0.318. The fourth-order valence-electron chi connectivity index (χ4n) is 2.78. The van der Waals surface area contributed by atoms with Gasteiger partial charge in [0.05, 0.1) is 14.2 Å². The summed E-state index contributed by atoms with van der Waals surface area (Å²) in [6.07, 6.45) is -0.881. The number of nitrogens with one attached hydrogen (secondary N) is 4. The summed E-state index contributed by atoms with van der Waals surface area (Å²) >= 11 is 0. The van der Waals surface area contributed by atoms with Crippen molar-refractivity contribution in [3.8, 4) is 11.5 Å². The van der Waals surface area contributed by atoms with Crippen LogP contribution in [-0.2, 0) is 9.53 Å². The second kappa shape index (κ2) is 10.5. The molecule has 2 aromatic carbocycles. The minimum absolute atomic E-state index is 0.0632. The molecule has 0 bridgehead atoms. The number of ether oxygens (including phenoxy) is 3. The van der Waals surface area contributed by atoms with Crippen LogP contribution in [0.1, 0.15) is 37.9 Å². The summed E-state index contributed by atoms with van der Waals surface area (Å²) < 4.78 is 30.4. The molecule has 33 heavy (non-hydrogen) atoms. The molecule has 1 unspecified atom stereocenters. The lowest BCUT2D eigenvalue weighted by Gasteiger charge is -2.23. The van der Waals surface area contributed by atoms with E-state index in [9.17, 15) is 14.0 Å². The summed E-state index contributed by atoms with van der Waals surface area (Å²) in [6, 6.07) is 7.43. The number of carbonyl (C=O) groups excluding carboxylic acids is 2. The van der Waals surface area contributed by atoms with Gasteiger partial charge in [0.25, 0.3) is 5.91 Å². The molecule has 2 rings (SSSR count). The molecule has 0 heterocycles. The van der Waals surface area contributed by atoms with Crippen LogP contribution in [0.4, 0.5) is 14.9 Å². The monoisotopic (exact) mass is 461 g/mol. The Labute approximate surface area is 191 Å². The van der Waals surface area contributed by atoms with Gasteiger partial charge in [0.2, 0.25) is 0 Å². The molecule has 178 valence electrons. The first-order chi connectivity index (χ1) is 15.4. The third-order valence-corrected chi connectivity index (χ3v) is 4.27. The Morgan fingerprint density at radius 3 is 2.12 bits per heavy atom. The van der Waals surface area contributed by atoms with Gasteiger partial charge >= 0.3 is 6.09 Å². The number of hydrazine groups is 1. The molecule has 1 atom stereocenters. The van der Waals surface area contributed by atoms with Gasteiger partial charge in [-0.15, -0.1) is 0 Å². The number of anilines is 1. The zero-order chi connectivity index (χ0) is 24.8. The highest BCUT2D eigenvalue weighted by molar-refractivity contribution is 5.95. The average Bonchev–Trinajstić information content (AvgIpc) is 2.75. The highest BCUT2D eigenvalue weighted by Gasteiger charge is 2.27. The maximum Gasteiger partial charge on any atom is 0.426 e. The first-order valence-corrected chi connectivity index (χ1v) is 9.86. The molecule has 0 spiro atoms. The van der Waals surface area contributed by atoms with Gasteiger partial charge in [-0.2, -0.15) is 0 Å². The van der Waals surface area contributed by atoms with Crippen molar-refractivity contribution in [2.45, 2.75) is 32.4 Å². The lowest BCUT2D eigenvalue weighted by atomic mass is 10.0. The van der Waals surface area contributed by atoms with Crippen molar-refractivity contribution in [3.63, 3.8) is 0 Å². The van der Waals surface area contributed by atoms with Crippen LogP contribution in [0.5, 0.6) is 11.5 Å². The lowest BCUT2D eigenvalue weighted by molar-refractivity contribution is -0.123. The second-order valence-corrected chi connectivity index (χ2v) is 7.91. The topological polar surface area (TPSA) is 148 Å². The number of rotatable bonds is 7. The summed E-state index contributed by atoms with van der Waals surface area (Å²) in [5.41, 5.74) is 9.91. The van der Waals surface area contributed by atoms with E-state index in [2.05, 4.69) is 16.2 Å². The highest BCUT2D eigenvalue weighted by Crippen LogP contribution is 2.33. The van der Waals surface area contributed by atoms with Crippen molar-refractivity contribution in [1.82, 2.24) is 10.9 Å². The van der Waals surface area contributed by atoms with E-state index in [0.717, 1.165) is 6.07 Å². The third-order valence-electron chi connectivity index (χ3n) is 4.27. The zero-order valence-electron chi connectivity index (χ0n) is 19.0. The van der Waals surface area contributed by atoms with Gasteiger partial charge in [-0.1, -0.05) is 0 Å². The van der Waals surface area contributed by atoms with Gasteiger partial charge in [-0.05, 0) is 51.1 Å². The Morgan fingerprint density at radius 2 is 1.61 bits per heavy atom. The van der Waals surface area contributed by atoms with Crippen LogP contribution in [0.15, 0.2) is 36.4 Å². The van der Waals surface area contributed by atoms with E-state index >= 15 is 0 Å². The van der Waals surface area contributed by atoms with Crippen molar-refractivity contribution in [1.29, 1.82) is 5.41 Å². The number of halogens is 1. The number of benzene rings is 2. The van der Waals surface area contributed by atoms with Gasteiger partial charge < -0.3 is 25.3 Å². The SMILES string of the molecule is COc1cc(F)c(C(Nc2ccc(C(=N)N)cc2)C(=O)NNC(=O)OC(C)(C)C)cc1OC. The van der Waals surface area contributed by atoms with Crippen molar-refractivity contribution in [2.75, 3.05) is 19.5 Å². The first kappa shape index (κ1) is 25.2. The predicted molar refractivity (Wildman–Crippen MR) is 121 cm³/mol. The van der Waals surface area contributed by atoms with Crippen LogP contribution in [0.3, 0.4) is 0 Å². The molecule has 0 fully saturated rings. The Hall–Kier alpha value is -4.02. The van der Waals surface area contributed by atoms with Crippen LogP contribution in [-0.4, -0.2) is 37.7 Å². The molecule has 0 saturated carbocycles. The van der Waals surface area contributed by atoms with Gasteiger partial charge in [0.1, 0.15) is 23.3 Å². The minimum Gasteiger partial charge on any atom is -0.493 e. The molecular formula is C22H28FN5O5. The molecule has 10 nitrogen and oxygen atoms in total. The van der Waals surface area contributed by atoms with E-state index in [1.165, 1.54) is 20.3 Å². The van der Waals surface area contributed by atoms with E-state index in [1.807, 2.05) is 0 Å². The maximum atomic E-state index is 14.9. The molecule has 0 radical (unpaired) electrons. The van der Waals surface area contributed by atoms with Crippen molar-refractivity contribution < 1.29 is 28.2 Å². The number of nitrogen functional groups attached to an aromatic ring is 1. The number of amidine groups is 1. The van der Waals surface area contributed by atoms with Gasteiger partial charge in [0.15, 0.2) is 11.5 Å². The standard InChI is InChI=1S/C22H28FN5O5/c1-22(2,3)33-21(30)28-27-20(29)18(26-13-8-6-12(7-9-13)19(24)25)14-10-16(31-4)17(32-5)11-15(14)23/h6-11,18,26H,1-5H3,(H3,24,25)(H,27,29)(H,28,30). The van der Waals surface area contributed by atoms with Crippen LogP contribution in [0.25, 0.3) is 0 Å². The molecule has 11 heteroatoms. The molecule has 0 aliphatic rings. The zero-order valence-corrected chi connectivity index (χ0v) is 19.0. The summed E-state index contributed by atoms with van der Waals surface area (Å²) in [5.74, 6) is -1.28. The first-order valence-electron chi connectivity index (χ1n) is 9.86. The fourth-order valence-corrected chi connectivity index (χ4v) is 2.78. The smallest absolute Gasteiger partial charge is 0.426 e. The molecule has 0 aliphatic heterocycles. The molecule has 0 aromatic heterocycles. The quantitative estimate of drug-likeness (QED) is 0.242. The summed E-state index contributed by atoms with van der Waals surface area (Å²) in [4.78, 5) is 24.9. The van der Waals surface area contributed by atoms with Gasteiger partial charge in [0, 0.05) is 22.9 Å². The van der Waals surface area contributed by atoms with Crippen molar-refractivity contribution in [3.05, 3.63) is 53.3 Å². The maximum absolute atomic E-state index is 14.9. The van der Waals surface area contributed by atoms with Crippen LogP contribution in [0, 0.1) is 11.2 Å². The number of nitrogens with two attached hydrogens (primary N) is 1. The predicted octanol–water partition coefficient (Wildman–Crippen LogP) is 2.84. The van der Waals surface area contributed by atoms with Crippen LogP contribution >= 0.6 is 0 Å². The van der Waals surface area contributed by atoms with E-state index in [1.54, 1.807) is 45.0 Å². The van der Waals surface area contributed by atoms with Gasteiger partial charge in [-0.25, -0.2) is 14.6 Å². The molecular weight excluding hydrogens is 433 g/mol. The Morgan fingerprint density at radius 1 is 1.03 bits per heavy atom. The van der Waals surface area contributed by atoms with E-state index in [-0.39, 0.29) is 22.9 Å².